The first-order valence-electron chi connectivity index (χ1n) is 6.72. The molecule has 2 unspecified atom stereocenters. The Balaban J connectivity index is 2.16. The van der Waals surface area contributed by atoms with Crippen molar-refractivity contribution in [3.8, 4) is 12.3 Å². The van der Waals surface area contributed by atoms with Crippen molar-refractivity contribution in [1.82, 2.24) is 5.32 Å². The van der Waals surface area contributed by atoms with Crippen LogP contribution in [0.4, 0.5) is 0 Å². The lowest BCUT2D eigenvalue weighted by atomic mass is 9.70. The second-order valence-electron chi connectivity index (χ2n) is 6.11. The number of terminal acetylenes is 1. The predicted octanol–water partition coefficient (Wildman–Crippen LogP) is 3.59. The molecule has 1 rings (SSSR count). The van der Waals surface area contributed by atoms with Gasteiger partial charge in [0.25, 0.3) is 0 Å². The number of unbranched alkanes of at least 4 members (excludes halogenated alkanes) is 2. The van der Waals surface area contributed by atoms with Crippen LogP contribution < -0.4 is 5.32 Å². The van der Waals surface area contributed by atoms with Crippen LogP contribution in [-0.2, 0) is 0 Å². The van der Waals surface area contributed by atoms with E-state index in [2.05, 4.69) is 32.0 Å². The van der Waals surface area contributed by atoms with Crippen LogP contribution in [-0.4, -0.2) is 12.6 Å². The minimum absolute atomic E-state index is 0.557. The van der Waals surface area contributed by atoms with E-state index in [-0.39, 0.29) is 0 Å². The number of hydrogen-bond donors (Lipinski definition) is 1. The number of hydrogen-bond acceptors (Lipinski definition) is 1. The molecule has 0 bridgehead atoms. The van der Waals surface area contributed by atoms with Crippen LogP contribution in [0.25, 0.3) is 0 Å². The van der Waals surface area contributed by atoms with E-state index in [0.717, 1.165) is 31.3 Å². The second-order valence-corrected chi connectivity index (χ2v) is 6.11. The molecule has 16 heavy (non-hydrogen) atoms. The van der Waals surface area contributed by atoms with Crippen molar-refractivity contribution in [1.29, 1.82) is 0 Å². The van der Waals surface area contributed by atoms with Crippen LogP contribution in [0.15, 0.2) is 0 Å². The Morgan fingerprint density at radius 1 is 1.38 bits per heavy atom. The first-order chi connectivity index (χ1) is 7.55. The topological polar surface area (TPSA) is 12.0 Å². The van der Waals surface area contributed by atoms with Gasteiger partial charge >= 0.3 is 0 Å². The minimum Gasteiger partial charge on any atom is -0.314 e. The van der Waals surface area contributed by atoms with E-state index in [0.29, 0.717) is 5.41 Å². The highest BCUT2D eigenvalue weighted by molar-refractivity contribution is 4.87. The molecule has 2 atom stereocenters. The van der Waals surface area contributed by atoms with Gasteiger partial charge in [-0.2, -0.15) is 0 Å². The molecule has 0 saturated heterocycles. The molecule has 1 aliphatic carbocycles. The van der Waals surface area contributed by atoms with Crippen molar-refractivity contribution in [3.63, 3.8) is 0 Å². The number of nitrogens with one attached hydrogen (secondary N) is 1. The van der Waals surface area contributed by atoms with Crippen LogP contribution in [0.5, 0.6) is 0 Å². The maximum atomic E-state index is 5.24. The summed E-state index contributed by atoms with van der Waals surface area (Å²) in [4.78, 5) is 0. The van der Waals surface area contributed by atoms with Gasteiger partial charge in [-0.25, -0.2) is 0 Å². The summed E-state index contributed by atoms with van der Waals surface area (Å²) in [7, 11) is 0. The van der Waals surface area contributed by atoms with Gasteiger partial charge in [0, 0.05) is 12.5 Å². The van der Waals surface area contributed by atoms with Crippen LogP contribution in [0.3, 0.4) is 0 Å². The highest BCUT2D eigenvalue weighted by Gasteiger charge is 2.31. The Hall–Kier alpha value is -0.480. The third-order valence-electron chi connectivity index (χ3n) is 3.85. The molecule has 1 nitrogen and oxygen atoms in total. The third kappa shape index (κ3) is 4.58. The van der Waals surface area contributed by atoms with Gasteiger partial charge in [0.1, 0.15) is 0 Å². The van der Waals surface area contributed by atoms with E-state index in [1.165, 1.54) is 25.7 Å². The zero-order chi connectivity index (χ0) is 12.0. The Bertz CT molecular complexity index is 236. The van der Waals surface area contributed by atoms with Gasteiger partial charge in [0.15, 0.2) is 0 Å². The molecule has 1 aliphatic rings. The summed E-state index contributed by atoms with van der Waals surface area (Å²) in [5, 5.41) is 3.70. The monoisotopic (exact) mass is 221 g/mol. The van der Waals surface area contributed by atoms with E-state index < -0.39 is 0 Å². The predicted molar refractivity (Wildman–Crippen MR) is 71.3 cm³/mol. The third-order valence-corrected chi connectivity index (χ3v) is 3.85. The summed E-state index contributed by atoms with van der Waals surface area (Å²) in [6, 6.07) is 0.735. The average molecular weight is 221 g/mol. The highest BCUT2D eigenvalue weighted by atomic mass is 14.9. The van der Waals surface area contributed by atoms with Gasteiger partial charge in [-0.1, -0.05) is 20.8 Å². The van der Waals surface area contributed by atoms with Crippen molar-refractivity contribution >= 4 is 0 Å². The van der Waals surface area contributed by atoms with Gasteiger partial charge in [-0.15, -0.1) is 12.3 Å². The fraction of sp³-hybridized carbons (Fsp3) is 0.867. The van der Waals surface area contributed by atoms with E-state index in [4.69, 9.17) is 6.42 Å². The van der Waals surface area contributed by atoms with Crippen molar-refractivity contribution in [2.45, 2.75) is 65.3 Å². The van der Waals surface area contributed by atoms with Crippen molar-refractivity contribution in [2.24, 2.45) is 11.3 Å². The standard InChI is InChI=1S/C15H27N/c1-5-6-7-8-11-16-14-9-10-15(3,4)12-13(14)2/h1,13-14,16H,6-12H2,2-4H3. The fourth-order valence-electron chi connectivity index (χ4n) is 2.89. The molecule has 0 amide bonds. The van der Waals surface area contributed by atoms with Gasteiger partial charge in [-0.05, 0) is 50.0 Å². The molecule has 0 aromatic carbocycles. The largest absolute Gasteiger partial charge is 0.314 e. The van der Waals surface area contributed by atoms with Gasteiger partial charge in [0.05, 0.1) is 0 Å². The van der Waals surface area contributed by atoms with Gasteiger partial charge in [0.2, 0.25) is 0 Å². The highest BCUT2D eigenvalue weighted by Crippen LogP contribution is 2.38. The summed E-state index contributed by atoms with van der Waals surface area (Å²) >= 11 is 0. The zero-order valence-electron chi connectivity index (χ0n) is 11.2. The van der Waals surface area contributed by atoms with Gasteiger partial charge < -0.3 is 5.32 Å². The van der Waals surface area contributed by atoms with E-state index >= 15 is 0 Å². The molecule has 92 valence electrons. The SMILES string of the molecule is C#CCCCCNC1CCC(C)(C)CC1C. The second kappa shape index (κ2) is 6.30. The Morgan fingerprint density at radius 3 is 2.75 bits per heavy atom. The molecular formula is C15H27N. The summed E-state index contributed by atoms with van der Waals surface area (Å²) in [6.45, 7) is 8.32. The maximum absolute atomic E-state index is 5.24. The average Bonchev–Trinajstić information content (AvgIpc) is 2.20. The molecule has 0 heterocycles. The molecule has 0 spiro atoms. The molecule has 1 heteroatoms. The normalized spacial score (nSPS) is 28.6. The van der Waals surface area contributed by atoms with E-state index in [1.54, 1.807) is 0 Å². The molecular weight excluding hydrogens is 194 g/mol. The van der Waals surface area contributed by atoms with Crippen LogP contribution in [0, 0.1) is 23.7 Å². The first kappa shape index (κ1) is 13.6. The summed E-state index contributed by atoms with van der Waals surface area (Å²) in [5.41, 5.74) is 0.557. The Kier molecular flexibility index (Phi) is 5.35. The molecule has 0 aromatic heterocycles. The van der Waals surface area contributed by atoms with Crippen LogP contribution >= 0.6 is 0 Å². The minimum atomic E-state index is 0.557. The summed E-state index contributed by atoms with van der Waals surface area (Å²) < 4.78 is 0. The molecule has 0 aromatic rings. The molecule has 1 N–H and O–H groups in total. The van der Waals surface area contributed by atoms with Gasteiger partial charge in [-0.3, -0.25) is 0 Å². The molecule has 1 fully saturated rings. The summed E-state index contributed by atoms with van der Waals surface area (Å²) in [5.74, 6) is 3.51. The lowest BCUT2D eigenvalue weighted by Gasteiger charge is -2.39. The van der Waals surface area contributed by atoms with Crippen molar-refractivity contribution < 1.29 is 0 Å². The summed E-state index contributed by atoms with van der Waals surface area (Å²) in [6.07, 6.45) is 12.6. The van der Waals surface area contributed by atoms with Crippen molar-refractivity contribution in [2.75, 3.05) is 6.54 Å². The van der Waals surface area contributed by atoms with E-state index in [9.17, 15) is 0 Å². The first-order valence-corrected chi connectivity index (χ1v) is 6.72. The Labute approximate surface area is 101 Å². The lowest BCUT2D eigenvalue weighted by molar-refractivity contribution is 0.149. The molecule has 0 aliphatic heterocycles. The zero-order valence-corrected chi connectivity index (χ0v) is 11.2. The smallest absolute Gasteiger partial charge is 0.00930 e. The van der Waals surface area contributed by atoms with Crippen LogP contribution in [0.2, 0.25) is 0 Å². The molecule has 0 radical (unpaired) electrons. The Morgan fingerprint density at radius 2 is 2.12 bits per heavy atom. The molecule has 1 saturated carbocycles. The maximum Gasteiger partial charge on any atom is 0.00930 e. The fourth-order valence-corrected chi connectivity index (χ4v) is 2.89. The van der Waals surface area contributed by atoms with Crippen LogP contribution in [0.1, 0.15) is 59.3 Å². The van der Waals surface area contributed by atoms with E-state index in [1.807, 2.05) is 0 Å². The number of rotatable bonds is 5. The quantitative estimate of drug-likeness (QED) is 0.552. The lowest BCUT2D eigenvalue weighted by Crippen LogP contribution is -2.42. The van der Waals surface area contributed by atoms with Crippen molar-refractivity contribution in [3.05, 3.63) is 0 Å².